The largest absolute Gasteiger partial charge is 0.461 e. The molecule has 1 amide bonds. The predicted molar refractivity (Wildman–Crippen MR) is 133 cm³/mol. The molecule has 2 heterocycles. The molecule has 3 aromatic rings. The van der Waals surface area contributed by atoms with Gasteiger partial charge in [0.05, 0.1) is 22.9 Å². The minimum Gasteiger partial charge on any atom is -0.461 e. The van der Waals surface area contributed by atoms with Gasteiger partial charge >= 0.3 is 5.97 Å². The Morgan fingerprint density at radius 3 is 2.28 bits per heavy atom. The molecule has 4 rings (SSSR count). The first-order valence-electron chi connectivity index (χ1n) is 11.5. The van der Waals surface area contributed by atoms with E-state index >= 15 is 0 Å². The standard InChI is InChI=1S/C25H26N4O6S/c1-3-35-25(32)23-21(16-22(30)29(27-23)19-10-6-17(2)7-11-19)26-24(31)18-8-12-20(13-9-18)36(33,34)28-14-4-5-15-28/h6-13,16H,3-5,14-15H2,1-2H3,(H,26,31). The van der Waals surface area contributed by atoms with Crippen LogP contribution in [0, 0.1) is 6.92 Å². The second-order valence-electron chi connectivity index (χ2n) is 8.30. The maximum absolute atomic E-state index is 12.9. The van der Waals surface area contributed by atoms with Crippen molar-refractivity contribution >= 4 is 27.6 Å². The van der Waals surface area contributed by atoms with Gasteiger partial charge in [0.1, 0.15) is 0 Å². The van der Waals surface area contributed by atoms with Crippen LogP contribution < -0.4 is 10.9 Å². The van der Waals surface area contributed by atoms with Crippen LogP contribution in [-0.4, -0.2) is 54.1 Å². The second kappa shape index (κ2) is 10.4. The highest BCUT2D eigenvalue weighted by Gasteiger charge is 2.27. The number of aryl methyl sites for hydroxylation is 1. The van der Waals surface area contributed by atoms with Crippen LogP contribution in [0.1, 0.15) is 46.2 Å². The summed E-state index contributed by atoms with van der Waals surface area (Å²) < 4.78 is 33.0. The van der Waals surface area contributed by atoms with Gasteiger partial charge < -0.3 is 10.1 Å². The van der Waals surface area contributed by atoms with Gasteiger partial charge in [-0.2, -0.15) is 14.1 Å². The van der Waals surface area contributed by atoms with E-state index in [1.165, 1.54) is 28.6 Å². The number of amides is 1. The summed E-state index contributed by atoms with van der Waals surface area (Å²) >= 11 is 0. The molecule has 1 fully saturated rings. The Morgan fingerprint density at radius 1 is 1.03 bits per heavy atom. The minimum atomic E-state index is -3.62. The summed E-state index contributed by atoms with van der Waals surface area (Å²) in [5.41, 5.74) is 0.672. The lowest BCUT2D eigenvalue weighted by Crippen LogP contribution is -2.28. The molecule has 0 bridgehead atoms. The average Bonchev–Trinajstić information content (AvgIpc) is 3.41. The van der Waals surface area contributed by atoms with Crippen molar-refractivity contribution in [1.29, 1.82) is 0 Å². The zero-order valence-corrected chi connectivity index (χ0v) is 20.7. The molecule has 2 aromatic carbocycles. The lowest BCUT2D eigenvalue weighted by atomic mass is 10.2. The molecule has 188 valence electrons. The Morgan fingerprint density at radius 2 is 1.67 bits per heavy atom. The van der Waals surface area contributed by atoms with E-state index in [2.05, 4.69) is 10.4 Å². The summed E-state index contributed by atoms with van der Waals surface area (Å²) in [5.74, 6) is -1.44. The number of carbonyl (C=O) groups is 2. The van der Waals surface area contributed by atoms with Crippen LogP contribution in [0.15, 0.2) is 64.3 Å². The van der Waals surface area contributed by atoms with Crippen LogP contribution in [-0.2, 0) is 14.8 Å². The van der Waals surface area contributed by atoms with Gasteiger partial charge in [-0.1, -0.05) is 17.7 Å². The van der Waals surface area contributed by atoms with Gasteiger partial charge in [0, 0.05) is 24.7 Å². The van der Waals surface area contributed by atoms with Crippen molar-refractivity contribution < 1.29 is 22.7 Å². The predicted octanol–water partition coefficient (Wildman–Crippen LogP) is 2.75. The maximum Gasteiger partial charge on any atom is 0.360 e. The van der Waals surface area contributed by atoms with E-state index in [-0.39, 0.29) is 28.4 Å². The number of anilines is 1. The summed E-state index contributed by atoms with van der Waals surface area (Å²) in [7, 11) is -3.62. The van der Waals surface area contributed by atoms with Gasteiger partial charge in [-0.25, -0.2) is 13.2 Å². The first-order valence-corrected chi connectivity index (χ1v) is 12.9. The van der Waals surface area contributed by atoms with Crippen molar-refractivity contribution in [3.8, 4) is 5.69 Å². The van der Waals surface area contributed by atoms with Gasteiger partial charge in [0.25, 0.3) is 11.5 Å². The molecule has 0 unspecified atom stereocenters. The Labute approximate surface area is 208 Å². The summed E-state index contributed by atoms with van der Waals surface area (Å²) in [6, 6.07) is 13.6. The first kappa shape index (κ1) is 25.3. The van der Waals surface area contributed by atoms with Crippen LogP contribution in [0.5, 0.6) is 0 Å². The molecule has 0 saturated carbocycles. The smallest absolute Gasteiger partial charge is 0.360 e. The third-order valence-corrected chi connectivity index (χ3v) is 7.66. The molecule has 10 nitrogen and oxygen atoms in total. The number of aromatic nitrogens is 2. The normalized spacial score (nSPS) is 13.9. The van der Waals surface area contributed by atoms with E-state index in [0.717, 1.165) is 29.2 Å². The number of rotatable bonds is 7. The van der Waals surface area contributed by atoms with E-state index in [1.54, 1.807) is 31.2 Å². The molecule has 0 spiro atoms. The number of esters is 1. The van der Waals surface area contributed by atoms with E-state index in [0.29, 0.717) is 18.8 Å². The van der Waals surface area contributed by atoms with Crippen LogP contribution in [0.2, 0.25) is 0 Å². The number of nitrogens with zero attached hydrogens (tertiary/aromatic N) is 3. The van der Waals surface area contributed by atoms with Crippen molar-refractivity contribution in [2.45, 2.75) is 31.6 Å². The van der Waals surface area contributed by atoms with E-state index in [4.69, 9.17) is 4.74 Å². The van der Waals surface area contributed by atoms with Crippen molar-refractivity contribution in [2.24, 2.45) is 0 Å². The van der Waals surface area contributed by atoms with Crippen molar-refractivity contribution in [1.82, 2.24) is 14.1 Å². The first-order chi connectivity index (χ1) is 17.2. The molecule has 0 aliphatic carbocycles. The second-order valence-corrected chi connectivity index (χ2v) is 10.2. The Hall–Kier alpha value is -3.83. The quantitative estimate of drug-likeness (QED) is 0.484. The summed E-state index contributed by atoms with van der Waals surface area (Å²) in [5, 5.41) is 6.69. The number of benzene rings is 2. The van der Waals surface area contributed by atoms with Crippen LogP contribution >= 0.6 is 0 Å². The lowest BCUT2D eigenvalue weighted by Gasteiger charge is -2.16. The summed E-state index contributed by atoms with van der Waals surface area (Å²) in [6.45, 7) is 4.55. The minimum absolute atomic E-state index is 0.0739. The molecular formula is C25H26N4O6S. The molecular weight excluding hydrogens is 484 g/mol. The molecule has 1 aliphatic rings. The molecule has 0 atom stereocenters. The number of nitrogens with one attached hydrogen (secondary N) is 1. The molecule has 1 aliphatic heterocycles. The van der Waals surface area contributed by atoms with Gasteiger partial charge in [-0.15, -0.1) is 0 Å². The van der Waals surface area contributed by atoms with Crippen LogP contribution in [0.3, 0.4) is 0 Å². The fourth-order valence-electron chi connectivity index (χ4n) is 3.82. The highest BCUT2D eigenvalue weighted by molar-refractivity contribution is 7.89. The zero-order chi connectivity index (χ0) is 25.9. The monoisotopic (exact) mass is 510 g/mol. The summed E-state index contributed by atoms with van der Waals surface area (Å²) in [6.07, 6.45) is 1.64. The number of ether oxygens (including phenoxy) is 1. The number of sulfonamides is 1. The fraction of sp³-hybridized carbons (Fsp3) is 0.280. The number of carbonyl (C=O) groups excluding carboxylic acids is 2. The van der Waals surface area contributed by atoms with Gasteiger partial charge in [-0.3, -0.25) is 9.59 Å². The maximum atomic E-state index is 12.9. The Bertz CT molecular complexity index is 1440. The average molecular weight is 511 g/mol. The fourth-order valence-corrected chi connectivity index (χ4v) is 5.34. The van der Waals surface area contributed by atoms with Gasteiger partial charge in [0.2, 0.25) is 10.0 Å². The van der Waals surface area contributed by atoms with E-state index < -0.39 is 27.5 Å². The third-order valence-electron chi connectivity index (χ3n) is 5.75. The topological polar surface area (TPSA) is 128 Å². The van der Waals surface area contributed by atoms with Crippen molar-refractivity contribution in [3.63, 3.8) is 0 Å². The highest BCUT2D eigenvalue weighted by atomic mass is 32.2. The molecule has 11 heteroatoms. The number of hydrogen-bond donors (Lipinski definition) is 1. The van der Waals surface area contributed by atoms with Gasteiger partial charge in [-0.05, 0) is 63.1 Å². The van der Waals surface area contributed by atoms with Crippen molar-refractivity contribution in [3.05, 3.63) is 81.8 Å². The van der Waals surface area contributed by atoms with E-state index in [9.17, 15) is 22.8 Å². The number of hydrogen-bond acceptors (Lipinski definition) is 7. The SMILES string of the molecule is CCOC(=O)c1nn(-c2ccc(C)cc2)c(=O)cc1NC(=O)c1ccc(S(=O)(=O)N2CCCC2)cc1. The molecule has 1 aromatic heterocycles. The lowest BCUT2D eigenvalue weighted by molar-refractivity contribution is 0.0518. The van der Waals surface area contributed by atoms with Gasteiger partial charge in [0.15, 0.2) is 5.69 Å². The Kier molecular flexibility index (Phi) is 7.32. The molecule has 36 heavy (non-hydrogen) atoms. The third kappa shape index (κ3) is 5.21. The van der Waals surface area contributed by atoms with Crippen LogP contribution in [0.4, 0.5) is 5.69 Å². The highest BCUT2D eigenvalue weighted by Crippen LogP contribution is 2.22. The van der Waals surface area contributed by atoms with Crippen LogP contribution in [0.25, 0.3) is 5.69 Å². The van der Waals surface area contributed by atoms with Crippen molar-refractivity contribution in [2.75, 3.05) is 25.0 Å². The molecule has 1 saturated heterocycles. The molecule has 1 N–H and O–H groups in total. The molecule has 0 radical (unpaired) electrons. The van der Waals surface area contributed by atoms with E-state index in [1.807, 2.05) is 6.92 Å². The summed E-state index contributed by atoms with van der Waals surface area (Å²) in [4.78, 5) is 38.4. The Balaban J connectivity index is 1.63. The zero-order valence-electron chi connectivity index (χ0n) is 19.9.